The third kappa shape index (κ3) is 3.18. The summed E-state index contributed by atoms with van der Waals surface area (Å²) in [4.78, 5) is 23.6. The summed E-state index contributed by atoms with van der Waals surface area (Å²) in [6.07, 6.45) is 6.05. The summed E-state index contributed by atoms with van der Waals surface area (Å²) in [5, 5.41) is 11.8. The van der Waals surface area contributed by atoms with Gasteiger partial charge in [0, 0.05) is 17.4 Å². The number of carbonyl (C=O) groups is 2. The van der Waals surface area contributed by atoms with E-state index in [1.165, 1.54) is 33.1 Å². The largest absolute Gasteiger partial charge is 0.480 e. The van der Waals surface area contributed by atoms with E-state index in [1.54, 1.807) is 0 Å². The molecule has 2 rings (SSSR count). The van der Waals surface area contributed by atoms with Gasteiger partial charge in [0.05, 0.1) is 5.56 Å². The number of aliphatic carboxylic acids is 1. The number of amides is 1. The van der Waals surface area contributed by atoms with Gasteiger partial charge in [-0.05, 0) is 46.6 Å². The number of nitrogens with one attached hydrogen (secondary N) is 1. The van der Waals surface area contributed by atoms with Crippen LogP contribution in [0.3, 0.4) is 0 Å². The second kappa shape index (κ2) is 6.15. The van der Waals surface area contributed by atoms with Crippen molar-refractivity contribution in [3.8, 4) is 0 Å². The van der Waals surface area contributed by atoms with Crippen LogP contribution in [0.5, 0.6) is 0 Å². The van der Waals surface area contributed by atoms with Crippen molar-refractivity contribution < 1.29 is 14.7 Å². The van der Waals surface area contributed by atoms with Crippen molar-refractivity contribution in [3.05, 3.63) is 23.0 Å². The van der Waals surface area contributed by atoms with E-state index < -0.39 is 11.5 Å². The molecule has 1 amide bonds. The fourth-order valence-corrected chi connectivity index (χ4v) is 3.31. The highest BCUT2D eigenvalue weighted by Gasteiger charge is 2.31. The van der Waals surface area contributed by atoms with Gasteiger partial charge < -0.3 is 15.0 Å². The van der Waals surface area contributed by atoms with Crippen LogP contribution in [0.25, 0.3) is 0 Å². The Morgan fingerprint density at radius 1 is 1.23 bits per heavy atom. The van der Waals surface area contributed by atoms with Gasteiger partial charge >= 0.3 is 5.97 Å². The maximum absolute atomic E-state index is 12.4. The summed E-state index contributed by atoms with van der Waals surface area (Å²) in [5.74, 6) is -1.36. The zero-order valence-electron chi connectivity index (χ0n) is 13.9. The molecule has 1 fully saturated rings. The van der Waals surface area contributed by atoms with Crippen molar-refractivity contribution in [1.82, 2.24) is 9.88 Å². The van der Waals surface area contributed by atoms with Gasteiger partial charge in [0.25, 0.3) is 5.91 Å². The zero-order valence-corrected chi connectivity index (χ0v) is 13.9. The zero-order chi connectivity index (χ0) is 16.5. The van der Waals surface area contributed by atoms with Crippen LogP contribution in [0.2, 0.25) is 0 Å². The summed E-state index contributed by atoms with van der Waals surface area (Å²) >= 11 is 0. The maximum Gasteiger partial charge on any atom is 0.328 e. The van der Waals surface area contributed by atoms with Crippen LogP contribution in [-0.2, 0) is 4.79 Å². The van der Waals surface area contributed by atoms with Crippen molar-refractivity contribution in [2.75, 3.05) is 0 Å². The number of carboxylic acid groups (broad SMARTS) is 1. The molecular formula is C17H26N2O3. The summed E-state index contributed by atoms with van der Waals surface area (Å²) in [5.41, 5.74) is 1.31. The van der Waals surface area contributed by atoms with Gasteiger partial charge in [0.1, 0.15) is 5.54 Å². The Hall–Kier alpha value is -1.78. The molecule has 1 aliphatic rings. The number of aromatic nitrogens is 1. The lowest BCUT2D eigenvalue weighted by molar-refractivity contribution is -0.143. The lowest BCUT2D eigenvalue weighted by atomic mass is 9.95. The van der Waals surface area contributed by atoms with E-state index in [-0.39, 0.29) is 5.91 Å². The van der Waals surface area contributed by atoms with Gasteiger partial charge in [0.2, 0.25) is 0 Å². The predicted molar refractivity (Wildman–Crippen MR) is 85.2 cm³/mol. The minimum atomic E-state index is -1.27. The van der Waals surface area contributed by atoms with Crippen LogP contribution in [0.4, 0.5) is 0 Å². The molecule has 1 aliphatic carbocycles. The molecule has 0 radical (unpaired) electrons. The van der Waals surface area contributed by atoms with Crippen molar-refractivity contribution in [1.29, 1.82) is 0 Å². The molecule has 22 heavy (non-hydrogen) atoms. The third-order valence-electron chi connectivity index (χ3n) is 4.63. The lowest BCUT2D eigenvalue weighted by Crippen LogP contribution is -2.49. The maximum atomic E-state index is 12.4. The third-order valence-corrected chi connectivity index (χ3v) is 4.63. The van der Waals surface area contributed by atoms with Gasteiger partial charge in [-0.3, -0.25) is 4.79 Å². The Kier molecular flexibility index (Phi) is 4.63. The van der Waals surface area contributed by atoms with Crippen molar-refractivity contribution >= 4 is 11.9 Å². The molecule has 2 N–H and O–H groups in total. The van der Waals surface area contributed by atoms with E-state index in [4.69, 9.17) is 5.11 Å². The number of carboxylic acids is 1. The van der Waals surface area contributed by atoms with Gasteiger partial charge in [-0.1, -0.05) is 19.3 Å². The van der Waals surface area contributed by atoms with Crippen molar-refractivity contribution in [3.63, 3.8) is 0 Å². The Bertz CT molecular complexity index is 581. The Morgan fingerprint density at radius 3 is 2.36 bits per heavy atom. The Balaban J connectivity index is 2.25. The summed E-state index contributed by atoms with van der Waals surface area (Å²) < 4.78 is 2.25. The molecule has 0 bridgehead atoms. The fourth-order valence-electron chi connectivity index (χ4n) is 3.31. The van der Waals surface area contributed by atoms with Crippen molar-refractivity contribution in [2.45, 2.75) is 71.4 Å². The molecule has 1 aromatic heterocycles. The van der Waals surface area contributed by atoms with E-state index >= 15 is 0 Å². The highest BCUT2D eigenvalue weighted by atomic mass is 16.4. The van der Waals surface area contributed by atoms with Crippen LogP contribution in [0.15, 0.2) is 6.07 Å². The SMILES string of the molecule is Cc1cc(C(=O)NC(C)(C)C(=O)O)c(C)n1C1CCCCC1. The normalized spacial score (nSPS) is 16.5. The van der Waals surface area contributed by atoms with E-state index in [0.717, 1.165) is 24.2 Å². The van der Waals surface area contributed by atoms with Crippen LogP contribution in [0, 0.1) is 13.8 Å². The topological polar surface area (TPSA) is 71.3 Å². The highest BCUT2D eigenvalue weighted by Crippen LogP contribution is 2.32. The predicted octanol–water partition coefficient (Wildman–Crippen LogP) is 3.20. The smallest absolute Gasteiger partial charge is 0.328 e. The number of hydrogen-bond donors (Lipinski definition) is 2. The molecule has 5 heteroatoms. The minimum absolute atomic E-state index is 0.317. The van der Waals surface area contributed by atoms with Gasteiger partial charge in [-0.25, -0.2) is 4.79 Å². The Morgan fingerprint density at radius 2 is 1.82 bits per heavy atom. The quantitative estimate of drug-likeness (QED) is 0.897. The first-order valence-electron chi connectivity index (χ1n) is 7.98. The van der Waals surface area contributed by atoms with E-state index in [1.807, 2.05) is 19.9 Å². The van der Waals surface area contributed by atoms with E-state index in [0.29, 0.717) is 11.6 Å². The molecule has 5 nitrogen and oxygen atoms in total. The van der Waals surface area contributed by atoms with E-state index in [2.05, 4.69) is 9.88 Å². The lowest BCUT2D eigenvalue weighted by Gasteiger charge is -2.26. The average molecular weight is 306 g/mol. The number of aryl methyl sites for hydroxylation is 1. The van der Waals surface area contributed by atoms with Crippen LogP contribution in [-0.4, -0.2) is 27.1 Å². The summed E-state index contributed by atoms with van der Waals surface area (Å²) in [6.45, 7) is 6.95. The Labute approximate surface area is 131 Å². The average Bonchev–Trinajstić information content (AvgIpc) is 2.74. The molecule has 0 unspecified atom stereocenters. The van der Waals surface area contributed by atoms with E-state index in [9.17, 15) is 9.59 Å². The first kappa shape index (κ1) is 16.6. The number of rotatable bonds is 4. The van der Waals surface area contributed by atoms with Gasteiger partial charge in [0.15, 0.2) is 0 Å². The van der Waals surface area contributed by atoms with Crippen molar-refractivity contribution in [2.24, 2.45) is 0 Å². The monoisotopic (exact) mass is 306 g/mol. The molecule has 122 valence electrons. The minimum Gasteiger partial charge on any atom is -0.480 e. The second-order valence-corrected chi connectivity index (χ2v) is 6.83. The summed E-state index contributed by atoms with van der Waals surface area (Å²) in [7, 11) is 0. The molecule has 0 spiro atoms. The number of hydrogen-bond acceptors (Lipinski definition) is 2. The molecule has 1 heterocycles. The molecule has 0 aliphatic heterocycles. The number of nitrogens with zero attached hydrogens (tertiary/aromatic N) is 1. The molecule has 0 saturated heterocycles. The number of carbonyl (C=O) groups excluding carboxylic acids is 1. The molecule has 0 atom stereocenters. The molecule has 1 saturated carbocycles. The molecule has 1 aromatic rings. The fraction of sp³-hybridized carbons (Fsp3) is 0.647. The van der Waals surface area contributed by atoms with Gasteiger partial charge in [-0.15, -0.1) is 0 Å². The molecular weight excluding hydrogens is 280 g/mol. The first-order chi connectivity index (χ1) is 10.2. The highest BCUT2D eigenvalue weighted by molar-refractivity contribution is 5.98. The first-order valence-corrected chi connectivity index (χ1v) is 7.98. The van der Waals surface area contributed by atoms with Crippen LogP contribution in [0.1, 0.15) is 73.7 Å². The summed E-state index contributed by atoms with van der Waals surface area (Å²) in [6, 6.07) is 2.33. The van der Waals surface area contributed by atoms with Gasteiger partial charge in [-0.2, -0.15) is 0 Å². The molecule has 0 aromatic carbocycles. The standard InChI is InChI=1S/C17H26N2O3/c1-11-10-14(15(20)18-17(3,4)16(21)22)12(2)19(11)13-8-6-5-7-9-13/h10,13H,5-9H2,1-4H3,(H,18,20)(H,21,22). The van der Waals surface area contributed by atoms with Crippen LogP contribution >= 0.6 is 0 Å². The second-order valence-electron chi connectivity index (χ2n) is 6.83. The van der Waals surface area contributed by atoms with Crippen LogP contribution < -0.4 is 5.32 Å².